The van der Waals surface area contributed by atoms with Crippen molar-refractivity contribution in [3.8, 4) is 0 Å². The summed E-state index contributed by atoms with van der Waals surface area (Å²) in [5, 5.41) is 1.27. The van der Waals surface area contributed by atoms with E-state index in [-0.39, 0.29) is 0 Å². The quantitative estimate of drug-likeness (QED) is 0.753. The lowest BCUT2D eigenvalue weighted by Gasteiger charge is -2.08. The minimum atomic E-state index is 0.488. The van der Waals surface area contributed by atoms with Crippen LogP contribution in [0.1, 0.15) is 32.4 Å². The van der Waals surface area contributed by atoms with Crippen LogP contribution in [0.15, 0.2) is 23.1 Å². The molecule has 0 saturated heterocycles. The Bertz CT molecular complexity index is 486. The van der Waals surface area contributed by atoms with Gasteiger partial charge in [-0.15, -0.1) is 0 Å². The van der Waals surface area contributed by atoms with Crippen molar-refractivity contribution < 1.29 is 0 Å². The van der Waals surface area contributed by atoms with Gasteiger partial charge >= 0.3 is 0 Å². The summed E-state index contributed by atoms with van der Waals surface area (Å²) in [6.45, 7) is 6.59. The normalized spacial score (nSPS) is 11.5. The first-order valence-electron chi connectivity index (χ1n) is 5.28. The van der Waals surface area contributed by atoms with Crippen LogP contribution in [0.25, 0.3) is 10.9 Å². The first kappa shape index (κ1) is 10.7. The van der Waals surface area contributed by atoms with E-state index in [1.165, 1.54) is 16.5 Å². The van der Waals surface area contributed by atoms with E-state index in [4.69, 9.17) is 0 Å². The second-order valence-electron chi connectivity index (χ2n) is 4.03. The average molecular weight is 267 g/mol. The molecule has 80 valence electrons. The Balaban J connectivity index is 2.76. The topological polar surface area (TPSA) is 17.8 Å². The van der Waals surface area contributed by atoms with E-state index >= 15 is 0 Å². The van der Waals surface area contributed by atoms with Crippen LogP contribution in [-0.4, -0.2) is 9.55 Å². The van der Waals surface area contributed by atoms with Gasteiger partial charge in [-0.3, -0.25) is 0 Å². The Hall–Kier alpha value is -0.830. The third-order valence-electron chi connectivity index (χ3n) is 2.71. The van der Waals surface area contributed by atoms with E-state index in [1.807, 2.05) is 6.20 Å². The molecule has 3 heteroatoms. The summed E-state index contributed by atoms with van der Waals surface area (Å²) in [6.07, 6.45) is 5.25. The molecule has 0 radical (unpaired) electrons. The molecule has 0 N–H and O–H groups in total. The van der Waals surface area contributed by atoms with Crippen molar-refractivity contribution in [3.05, 3.63) is 28.6 Å². The zero-order chi connectivity index (χ0) is 11.0. The highest BCUT2D eigenvalue weighted by Crippen LogP contribution is 2.26. The molecule has 2 aromatic heterocycles. The standard InChI is InChI=1S/C12H15BrN2/c1-4-9-7-15(8(2)3)11-5-12(13)14-6-10(9)11/h5-8H,4H2,1-3H3. The van der Waals surface area contributed by atoms with Gasteiger partial charge in [0.15, 0.2) is 0 Å². The van der Waals surface area contributed by atoms with Crippen LogP contribution in [0.5, 0.6) is 0 Å². The fourth-order valence-corrected chi connectivity index (χ4v) is 2.22. The molecule has 15 heavy (non-hydrogen) atoms. The van der Waals surface area contributed by atoms with Crippen LogP contribution < -0.4 is 0 Å². The van der Waals surface area contributed by atoms with Gasteiger partial charge in [0, 0.05) is 23.8 Å². The number of hydrogen-bond acceptors (Lipinski definition) is 1. The smallest absolute Gasteiger partial charge is 0.108 e. The molecule has 0 atom stereocenters. The van der Waals surface area contributed by atoms with E-state index < -0.39 is 0 Å². The van der Waals surface area contributed by atoms with Gasteiger partial charge in [-0.25, -0.2) is 4.98 Å². The Morgan fingerprint density at radius 1 is 1.47 bits per heavy atom. The zero-order valence-electron chi connectivity index (χ0n) is 9.29. The third kappa shape index (κ3) is 1.81. The lowest BCUT2D eigenvalue weighted by atomic mass is 10.2. The molecule has 0 fully saturated rings. The Morgan fingerprint density at radius 3 is 2.80 bits per heavy atom. The second kappa shape index (κ2) is 3.97. The number of aryl methyl sites for hydroxylation is 1. The van der Waals surface area contributed by atoms with Crippen molar-refractivity contribution in [1.82, 2.24) is 9.55 Å². The molecule has 2 nitrogen and oxygen atoms in total. The molecule has 2 rings (SSSR count). The van der Waals surface area contributed by atoms with Gasteiger partial charge in [0.2, 0.25) is 0 Å². The molecular formula is C12H15BrN2. The lowest BCUT2D eigenvalue weighted by molar-refractivity contribution is 0.621. The second-order valence-corrected chi connectivity index (χ2v) is 4.85. The van der Waals surface area contributed by atoms with Crippen LogP contribution in [0, 0.1) is 0 Å². The molecule has 0 aliphatic heterocycles. The molecule has 0 aliphatic carbocycles. The predicted octanol–water partition coefficient (Wildman–Crippen LogP) is 3.94. The fourth-order valence-electron chi connectivity index (χ4n) is 1.90. The summed E-state index contributed by atoms with van der Waals surface area (Å²) < 4.78 is 3.21. The van der Waals surface area contributed by atoms with Crippen molar-refractivity contribution in [2.45, 2.75) is 33.2 Å². The highest BCUT2D eigenvalue weighted by Gasteiger charge is 2.09. The molecular weight excluding hydrogens is 252 g/mol. The summed E-state index contributed by atoms with van der Waals surface area (Å²) in [5.74, 6) is 0. The Morgan fingerprint density at radius 2 is 2.20 bits per heavy atom. The van der Waals surface area contributed by atoms with E-state index in [1.54, 1.807) is 0 Å². The highest BCUT2D eigenvalue weighted by atomic mass is 79.9. The van der Waals surface area contributed by atoms with Gasteiger partial charge in [0.1, 0.15) is 4.60 Å². The Kier molecular flexibility index (Phi) is 2.83. The zero-order valence-corrected chi connectivity index (χ0v) is 10.9. The van der Waals surface area contributed by atoms with Crippen LogP contribution >= 0.6 is 15.9 Å². The fraction of sp³-hybridized carbons (Fsp3) is 0.417. The molecule has 2 heterocycles. The van der Waals surface area contributed by atoms with Crippen LogP contribution in [0.3, 0.4) is 0 Å². The first-order valence-corrected chi connectivity index (χ1v) is 6.07. The van der Waals surface area contributed by atoms with E-state index in [0.29, 0.717) is 6.04 Å². The predicted molar refractivity (Wildman–Crippen MR) is 67.2 cm³/mol. The third-order valence-corrected chi connectivity index (χ3v) is 3.14. The summed E-state index contributed by atoms with van der Waals surface area (Å²) in [4.78, 5) is 4.29. The minimum Gasteiger partial charge on any atom is -0.345 e. The summed E-state index contributed by atoms with van der Waals surface area (Å²) >= 11 is 3.42. The lowest BCUT2D eigenvalue weighted by Crippen LogP contribution is -1.98. The highest BCUT2D eigenvalue weighted by molar-refractivity contribution is 9.10. The molecule has 2 aromatic rings. The maximum Gasteiger partial charge on any atom is 0.108 e. The summed E-state index contributed by atoms with van der Waals surface area (Å²) in [7, 11) is 0. The van der Waals surface area contributed by atoms with Crippen molar-refractivity contribution >= 4 is 26.8 Å². The number of aromatic nitrogens is 2. The minimum absolute atomic E-state index is 0.488. The Labute approximate surface area is 98.4 Å². The number of halogens is 1. The number of nitrogens with zero attached hydrogens (tertiary/aromatic N) is 2. The van der Waals surface area contributed by atoms with Crippen LogP contribution in [0.4, 0.5) is 0 Å². The van der Waals surface area contributed by atoms with Gasteiger partial charge < -0.3 is 4.57 Å². The molecule has 0 aliphatic rings. The molecule has 0 aromatic carbocycles. The van der Waals surface area contributed by atoms with E-state index in [0.717, 1.165) is 11.0 Å². The van der Waals surface area contributed by atoms with Gasteiger partial charge in [-0.05, 0) is 47.8 Å². The SMILES string of the molecule is CCc1cn(C(C)C)c2cc(Br)ncc12. The van der Waals surface area contributed by atoms with Crippen molar-refractivity contribution in [1.29, 1.82) is 0 Å². The number of hydrogen-bond donors (Lipinski definition) is 0. The first-order chi connectivity index (χ1) is 7.13. The maximum absolute atomic E-state index is 4.29. The van der Waals surface area contributed by atoms with Gasteiger partial charge in [-0.1, -0.05) is 6.92 Å². The average Bonchev–Trinajstić information content (AvgIpc) is 2.55. The molecule has 0 unspecified atom stereocenters. The van der Waals surface area contributed by atoms with Crippen molar-refractivity contribution in [2.75, 3.05) is 0 Å². The van der Waals surface area contributed by atoms with Crippen LogP contribution in [0.2, 0.25) is 0 Å². The van der Waals surface area contributed by atoms with E-state index in [2.05, 4.69) is 58.5 Å². The van der Waals surface area contributed by atoms with Gasteiger partial charge in [-0.2, -0.15) is 0 Å². The van der Waals surface area contributed by atoms with Crippen molar-refractivity contribution in [3.63, 3.8) is 0 Å². The number of fused-ring (bicyclic) bond motifs is 1. The van der Waals surface area contributed by atoms with Crippen LogP contribution in [-0.2, 0) is 6.42 Å². The van der Waals surface area contributed by atoms with Crippen molar-refractivity contribution in [2.24, 2.45) is 0 Å². The largest absolute Gasteiger partial charge is 0.345 e. The number of pyridine rings is 1. The number of rotatable bonds is 2. The molecule has 0 amide bonds. The van der Waals surface area contributed by atoms with E-state index in [9.17, 15) is 0 Å². The molecule has 0 bridgehead atoms. The monoisotopic (exact) mass is 266 g/mol. The molecule has 0 saturated carbocycles. The van der Waals surface area contributed by atoms with Gasteiger partial charge in [0.25, 0.3) is 0 Å². The molecule has 0 spiro atoms. The summed E-state index contributed by atoms with van der Waals surface area (Å²) in [5.41, 5.74) is 2.64. The summed E-state index contributed by atoms with van der Waals surface area (Å²) in [6, 6.07) is 2.58. The maximum atomic E-state index is 4.29. The van der Waals surface area contributed by atoms with Gasteiger partial charge in [0.05, 0.1) is 5.52 Å².